The van der Waals surface area contributed by atoms with Crippen LogP contribution in [0.3, 0.4) is 0 Å². The Hall–Kier alpha value is -2.02. The van der Waals surface area contributed by atoms with Crippen molar-refractivity contribution >= 4 is 28.9 Å². The molecular weight excluding hydrogens is 346 g/mol. The predicted octanol–water partition coefficient (Wildman–Crippen LogP) is 3.72. The van der Waals surface area contributed by atoms with Crippen LogP contribution in [0.25, 0.3) is 11.3 Å². The van der Waals surface area contributed by atoms with Gasteiger partial charge in [0, 0.05) is 23.2 Å². The summed E-state index contributed by atoms with van der Waals surface area (Å²) in [7, 11) is 0. The number of rotatable bonds is 5. The van der Waals surface area contributed by atoms with Gasteiger partial charge >= 0.3 is 0 Å². The van der Waals surface area contributed by atoms with Crippen molar-refractivity contribution < 1.29 is 9.15 Å². The number of allylic oxidation sites excluding steroid dienone is 1. The molecule has 0 saturated carbocycles. The van der Waals surface area contributed by atoms with Gasteiger partial charge in [0.25, 0.3) is 0 Å². The van der Waals surface area contributed by atoms with Crippen LogP contribution < -0.4 is 16.2 Å². The van der Waals surface area contributed by atoms with Crippen LogP contribution in [0.15, 0.2) is 52.8 Å². The lowest BCUT2D eigenvalue weighted by molar-refractivity contribution is 0.262. The fourth-order valence-electron chi connectivity index (χ4n) is 2.30. The third-order valence-electron chi connectivity index (χ3n) is 3.45. The normalized spacial score (nSPS) is 15.3. The van der Waals surface area contributed by atoms with E-state index in [1.165, 1.54) is 0 Å². The molecule has 3 N–H and O–H groups in total. The molecule has 2 aromatic rings. The molecule has 0 bridgehead atoms. The van der Waals surface area contributed by atoms with Gasteiger partial charge < -0.3 is 14.5 Å². The number of nitrogens with one attached hydrogen (secondary N) is 3. The first-order valence-corrected chi connectivity index (χ1v) is 8.45. The van der Waals surface area contributed by atoms with E-state index in [0.29, 0.717) is 16.7 Å². The van der Waals surface area contributed by atoms with Gasteiger partial charge in [-0.3, -0.25) is 5.43 Å². The van der Waals surface area contributed by atoms with Crippen LogP contribution >= 0.6 is 23.8 Å². The molecule has 1 aliphatic rings. The van der Waals surface area contributed by atoms with E-state index < -0.39 is 0 Å². The highest BCUT2D eigenvalue weighted by atomic mass is 35.5. The Labute approximate surface area is 151 Å². The number of benzene rings is 1. The zero-order valence-corrected chi connectivity index (χ0v) is 14.5. The minimum absolute atomic E-state index is 0.472. The van der Waals surface area contributed by atoms with Crippen molar-refractivity contribution in [3.63, 3.8) is 0 Å². The van der Waals surface area contributed by atoms with E-state index >= 15 is 0 Å². The number of hydrogen-bond donors (Lipinski definition) is 3. The fraction of sp³-hybridized carbons (Fsp3) is 0.235. The van der Waals surface area contributed by atoms with Crippen LogP contribution in [0.1, 0.15) is 18.6 Å². The van der Waals surface area contributed by atoms with Crippen LogP contribution in [0.5, 0.6) is 0 Å². The lowest BCUT2D eigenvalue weighted by atomic mass is 10.2. The molecule has 5 nitrogen and oxygen atoms in total. The first-order valence-electron chi connectivity index (χ1n) is 7.66. The Bertz CT molecular complexity index is 737. The number of thiocarbonyl (C=S) groups is 1. The second kappa shape index (κ2) is 8.19. The highest BCUT2D eigenvalue weighted by molar-refractivity contribution is 7.80. The summed E-state index contributed by atoms with van der Waals surface area (Å²) < 4.78 is 11.2. The van der Waals surface area contributed by atoms with Gasteiger partial charge in [-0.05, 0) is 42.9 Å². The molecule has 0 aliphatic carbocycles. The number of hydrazine groups is 1. The Morgan fingerprint density at radius 1 is 1.29 bits per heavy atom. The molecule has 2 heterocycles. The highest BCUT2D eigenvalue weighted by Crippen LogP contribution is 2.24. The standard InChI is InChI=1S/C17H18ClN3O2S/c18-13-4-1-3-12(9-13)16-7-6-15(23-16)11-20-21-17(24)19-10-14-5-2-8-22-14/h1,3-4,6-7,9-10,20H,2,5,8,11H2,(H2,19,21,24). The Kier molecular flexibility index (Phi) is 5.74. The number of halogens is 1. The van der Waals surface area contributed by atoms with Gasteiger partial charge in [-0.25, -0.2) is 5.43 Å². The molecule has 7 heteroatoms. The molecule has 1 aromatic carbocycles. The van der Waals surface area contributed by atoms with Crippen molar-refractivity contribution in [3.8, 4) is 11.3 Å². The van der Waals surface area contributed by atoms with Crippen molar-refractivity contribution in [1.82, 2.24) is 16.2 Å². The molecule has 1 saturated heterocycles. The highest BCUT2D eigenvalue weighted by Gasteiger charge is 2.07. The van der Waals surface area contributed by atoms with Crippen molar-refractivity contribution in [2.75, 3.05) is 6.61 Å². The van der Waals surface area contributed by atoms with E-state index in [9.17, 15) is 0 Å². The topological polar surface area (TPSA) is 58.5 Å². The monoisotopic (exact) mass is 363 g/mol. The van der Waals surface area contributed by atoms with E-state index in [0.717, 1.165) is 42.3 Å². The zero-order valence-electron chi connectivity index (χ0n) is 13.0. The molecule has 126 valence electrons. The van der Waals surface area contributed by atoms with Gasteiger partial charge in [0.05, 0.1) is 13.2 Å². The summed E-state index contributed by atoms with van der Waals surface area (Å²) in [5, 5.41) is 4.13. The summed E-state index contributed by atoms with van der Waals surface area (Å²) in [6.45, 7) is 1.27. The molecule has 0 unspecified atom stereocenters. The SMILES string of the molecule is S=C(NC=C1CCCO1)NNCc1ccc(-c2cccc(Cl)c2)o1. The Morgan fingerprint density at radius 2 is 2.21 bits per heavy atom. The van der Waals surface area contributed by atoms with Crippen LogP contribution in [0.4, 0.5) is 0 Å². The Balaban J connectivity index is 1.45. The van der Waals surface area contributed by atoms with Crippen molar-refractivity contribution in [1.29, 1.82) is 0 Å². The molecule has 1 aromatic heterocycles. The number of hydrogen-bond acceptors (Lipinski definition) is 4. The summed E-state index contributed by atoms with van der Waals surface area (Å²) in [4.78, 5) is 0. The van der Waals surface area contributed by atoms with E-state index in [-0.39, 0.29) is 0 Å². The molecule has 1 fully saturated rings. The largest absolute Gasteiger partial charge is 0.496 e. The second-order valence-corrected chi connectivity index (χ2v) is 6.14. The fourth-order valence-corrected chi connectivity index (χ4v) is 2.62. The van der Waals surface area contributed by atoms with Crippen LogP contribution in [-0.4, -0.2) is 11.7 Å². The summed E-state index contributed by atoms with van der Waals surface area (Å²) in [5.74, 6) is 2.49. The quantitative estimate of drug-likeness (QED) is 0.556. The van der Waals surface area contributed by atoms with Crippen molar-refractivity contribution in [3.05, 3.63) is 59.1 Å². The Morgan fingerprint density at radius 3 is 3.00 bits per heavy atom. The van der Waals surface area contributed by atoms with Crippen molar-refractivity contribution in [2.24, 2.45) is 0 Å². The van der Waals surface area contributed by atoms with Crippen LogP contribution in [-0.2, 0) is 11.3 Å². The van der Waals surface area contributed by atoms with Crippen LogP contribution in [0.2, 0.25) is 5.02 Å². The zero-order chi connectivity index (χ0) is 16.8. The van der Waals surface area contributed by atoms with Crippen molar-refractivity contribution in [2.45, 2.75) is 19.4 Å². The lowest BCUT2D eigenvalue weighted by Gasteiger charge is -2.08. The maximum absolute atomic E-state index is 6.00. The molecule has 24 heavy (non-hydrogen) atoms. The second-order valence-electron chi connectivity index (χ2n) is 5.29. The third-order valence-corrected chi connectivity index (χ3v) is 3.91. The summed E-state index contributed by atoms with van der Waals surface area (Å²) in [6, 6.07) is 11.4. The molecule has 3 rings (SSSR count). The minimum atomic E-state index is 0.472. The van der Waals surface area contributed by atoms with Gasteiger partial charge in [-0.2, -0.15) is 0 Å². The molecule has 0 spiro atoms. The van der Waals surface area contributed by atoms with E-state index in [1.807, 2.05) is 36.4 Å². The summed E-state index contributed by atoms with van der Waals surface area (Å²) in [5.41, 5.74) is 6.86. The average Bonchev–Trinajstić information content (AvgIpc) is 3.25. The van der Waals surface area contributed by atoms with E-state index in [4.69, 9.17) is 33.0 Å². The molecular formula is C17H18ClN3O2S. The molecule has 1 aliphatic heterocycles. The molecule has 0 atom stereocenters. The first kappa shape index (κ1) is 16.8. The van der Waals surface area contributed by atoms with E-state index in [2.05, 4.69) is 16.2 Å². The predicted molar refractivity (Wildman–Crippen MR) is 98.1 cm³/mol. The smallest absolute Gasteiger partial charge is 0.184 e. The third kappa shape index (κ3) is 4.74. The molecule has 0 radical (unpaired) electrons. The molecule has 0 amide bonds. The van der Waals surface area contributed by atoms with Gasteiger partial charge in [0.2, 0.25) is 0 Å². The average molecular weight is 364 g/mol. The number of furan rings is 1. The minimum Gasteiger partial charge on any atom is -0.496 e. The maximum atomic E-state index is 6.00. The van der Waals surface area contributed by atoms with Gasteiger partial charge in [-0.1, -0.05) is 23.7 Å². The first-order chi connectivity index (χ1) is 11.7. The lowest BCUT2D eigenvalue weighted by Crippen LogP contribution is -2.41. The summed E-state index contributed by atoms with van der Waals surface area (Å²) >= 11 is 11.2. The van der Waals surface area contributed by atoms with Crippen LogP contribution in [0, 0.1) is 0 Å². The summed E-state index contributed by atoms with van der Waals surface area (Å²) in [6.07, 6.45) is 3.79. The van der Waals surface area contributed by atoms with E-state index in [1.54, 1.807) is 6.20 Å². The van der Waals surface area contributed by atoms with Gasteiger partial charge in [0.1, 0.15) is 17.3 Å². The van der Waals surface area contributed by atoms with Gasteiger partial charge in [0.15, 0.2) is 5.11 Å². The maximum Gasteiger partial charge on any atom is 0.184 e. The number of ether oxygens (including phenoxy) is 1. The van der Waals surface area contributed by atoms with Gasteiger partial charge in [-0.15, -0.1) is 0 Å².